The van der Waals surface area contributed by atoms with Gasteiger partial charge in [0.05, 0.1) is 5.52 Å². The molecular weight excluding hydrogens is 303 g/mol. The van der Waals surface area contributed by atoms with Crippen molar-refractivity contribution in [2.45, 2.75) is 26.3 Å². The Morgan fingerprint density at radius 1 is 1.08 bits per heavy atom. The summed E-state index contributed by atoms with van der Waals surface area (Å²) in [4.78, 5) is 0. The Kier molecular flexibility index (Phi) is 5.16. The molecule has 126 valence electrons. The van der Waals surface area contributed by atoms with Crippen molar-refractivity contribution in [3.63, 3.8) is 0 Å². The van der Waals surface area contributed by atoms with E-state index in [9.17, 15) is 9.50 Å². The molecule has 0 aliphatic heterocycles. The summed E-state index contributed by atoms with van der Waals surface area (Å²) in [5.41, 5.74) is 3.13. The van der Waals surface area contributed by atoms with Gasteiger partial charge >= 0.3 is 0 Å². The molecule has 2 N–H and O–H groups in total. The minimum absolute atomic E-state index is 0.0245. The number of hydrogen-bond acceptors (Lipinski definition) is 2. The molecule has 1 heterocycles. The maximum Gasteiger partial charge on any atom is 0.129 e. The van der Waals surface area contributed by atoms with Crippen LogP contribution in [0.3, 0.4) is 0 Å². The minimum atomic E-state index is -0.402. The fourth-order valence-corrected chi connectivity index (χ4v) is 3.13. The zero-order chi connectivity index (χ0) is 16.9. The van der Waals surface area contributed by atoms with E-state index in [0.29, 0.717) is 0 Å². The van der Waals surface area contributed by atoms with Crippen LogP contribution in [-0.4, -0.2) is 22.8 Å². The summed E-state index contributed by atoms with van der Waals surface area (Å²) in [6.45, 7) is 4.51. The summed E-state index contributed by atoms with van der Waals surface area (Å²) in [5, 5.41) is 14.3. The van der Waals surface area contributed by atoms with E-state index in [2.05, 4.69) is 29.6 Å². The third-order valence-electron chi connectivity index (χ3n) is 4.35. The van der Waals surface area contributed by atoms with Gasteiger partial charge in [0.15, 0.2) is 0 Å². The van der Waals surface area contributed by atoms with Gasteiger partial charge in [-0.15, -0.1) is 0 Å². The summed E-state index contributed by atoms with van der Waals surface area (Å²) in [5.74, 6) is -0.378. The first kappa shape index (κ1) is 16.5. The summed E-state index contributed by atoms with van der Waals surface area (Å²) in [6, 6.07) is 13.1. The zero-order valence-corrected chi connectivity index (χ0v) is 13.9. The van der Waals surface area contributed by atoms with Gasteiger partial charge in [0.1, 0.15) is 11.6 Å². The molecule has 0 bridgehead atoms. The smallest absolute Gasteiger partial charge is 0.129 e. The molecule has 0 aliphatic rings. The molecule has 0 atom stereocenters. The van der Waals surface area contributed by atoms with Crippen molar-refractivity contribution < 1.29 is 9.50 Å². The second-order valence-corrected chi connectivity index (χ2v) is 5.99. The molecule has 0 saturated heterocycles. The number of aromatic nitrogens is 1. The van der Waals surface area contributed by atoms with Gasteiger partial charge in [0, 0.05) is 24.2 Å². The highest BCUT2D eigenvalue weighted by atomic mass is 19.1. The van der Waals surface area contributed by atoms with Crippen LogP contribution < -0.4 is 5.32 Å². The predicted molar refractivity (Wildman–Crippen MR) is 96.0 cm³/mol. The van der Waals surface area contributed by atoms with E-state index in [-0.39, 0.29) is 5.75 Å². The van der Waals surface area contributed by atoms with E-state index in [1.807, 2.05) is 23.8 Å². The predicted octanol–water partition coefficient (Wildman–Crippen LogP) is 3.88. The van der Waals surface area contributed by atoms with Crippen molar-refractivity contribution in [1.29, 1.82) is 0 Å². The largest absolute Gasteiger partial charge is 0.507 e. The van der Waals surface area contributed by atoms with Crippen LogP contribution in [0.15, 0.2) is 48.7 Å². The Labute approximate surface area is 141 Å². The minimum Gasteiger partial charge on any atom is -0.507 e. The first-order valence-electron chi connectivity index (χ1n) is 8.44. The monoisotopic (exact) mass is 326 g/mol. The van der Waals surface area contributed by atoms with Gasteiger partial charge in [-0.05, 0) is 50.0 Å². The lowest BCUT2D eigenvalue weighted by molar-refractivity contribution is 0.475. The van der Waals surface area contributed by atoms with Crippen LogP contribution in [-0.2, 0) is 19.4 Å². The summed E-state index contributed by atoms with van der Waals surface area (Å²) < 4.78 is 15.5. The number of benzene rings is 2. The van der Waals surface area contributed by atoms with Crippen LogP contribution in [0.5, 0.6) is 5.75 Å². The summed E-state index contributed by atoms with van der Waals surface area (Å²) in [6.07, 6.45) is 3.81. The van der Waals surface area contributed by atoms with Crippen LogP contribution in [0.2, 0.25) is 0 Å². The molecule has 24 heavy (non-hydrogen) atoms. The van der Waals surface area contributed by atoms with Crippen molar-refractivity contribution in [2.24, 2.45) is 0 Å². The molecule has 0 saturated carbocycles. The number of halogens is 1. The average molecular weight is 326 g/mol. The van der Waals surface area contributed by atoms with Crippen LogP contribution in [0.25, 0.3) is 10.9 Å². The Morgan fingerprint density at radius 2 is 1.83 bits per heavy atom. The first-order valence-corrected chi connectivity index (χ1v) is 8.44. The van der Waals surface area contributed by atoms with E-state index in [1.165, 1.54) is 17.7 Å². The number of phenolic OH excluding ortho intramolecular Hbond substituents is 1. The highest BCUT2D eigenvalue weighted by Gasteiger charge is 2.13. The van der Waals surface area contributed by atoms with E-state index in [4.69, 9.17) is 0 Å². The van der Waals surface area contributed by atoms with Gasteiger partial charge in [0.25, 0.3) is 0 Å². The maximum atomic E-state index is 13.6. The SMILES string of the molecule is CCn1cc(CCNCCc2ccccc2)c2c(O)cc(F)cc21. The Morgan fingerprint density at radius 3 is 2.58 bits per heavy atom. The van der Waals surface area contributed by atoms with Gasteiger partial charge in [-0.1, -0.05) is 30.3 Å². The molecule has 4 heteroatoms. The molecule has 0 aliphatic carbocycles. The average Bonchev–Trinajstić information content (AvgIpc) is 2.93. The van der Waals surface area contributed by atoms with E-state index < -0.39 is 5.82 Å². The number of aromatic hydroxyl groups is 1. The number of fused-ring (bicyclic) bond motifs is 1. The normalized spacial score (nSPS) is 11.2. The number of nitrogens with one attached hydrogen (secondary N) is 1. The molecule has 3 nitrogen and oxygen atoms in total. The summed E-state index contributed by atoms with van der Waals surface area (Å²) >= 11 is 0. The van der Waals surface area contributed by atoms with Crippen molar-refractivity contribution in [2.75, 3.05) is 13.1 Å². The van der Waals surface area contributed by atoms with E-state index >= 15 is 0 Å². The number of phenols is 1. The van der Waals surface area contributed by atoms with Crippen molar-refractivity contribution in [1.82, 2.24) is 9.88 Å². The van der Waals surface area contributed by atoms with Gasteiger partial charge in [-0.3, -0.25) is 0 Å². The van der Waals surface area contributed by atoms with Crippen LogP contribution in [0.4, 0.5) is 4.39 Å². The van der Waals surface area contributed by atoms with Gasteiger partial charge < -0.3 is 15.0 Å². The number of nitrogens with zero attached hydrogens (tertiary/aromatic N) is 1. The number of hydrogen-bond donors (Lipinski definition) is 2. The molecule has 3 aromatic rings. The lowest BCUT2D eigenvalue weighted by Gasteiger charge is -2.05. The highest BCUT2D eigenvalue weighted by Crippen LogP contribution is 2.31. The van der Waals surface area contributed by atoms with E-state index in [1.54, 1.807) is 0 Å². The molecular formula is C20H23FN2O. The first-order chi connectivity index (χ1) is 11.7. The Bertz CT molecular complexity index is 811. The molecule has 2 aromatic carbocycles. The second-order valence-electron chi connectivity index (χ2n) is 5.99. The molecule has 0 unspecified atom stereocenters. The van der Waals surface area contributed by atoms with Gasteiger partial charge in [0.2, 0.25) is 0 Å². The Balaban J connectivity index is 1.63. The Hall–Kier alpha value is -2.33. The van der Waals surface area contributed by atoms with Crippen LogP contribution >= 0.6 is 0 Å². The lowest BCUT2D eigenvalue weighted by atomic mass is 10.1. The van der Waals surface area contributed by atoms with Gasteiger partial charge in [-0.2, -0.15) is 0 Å². The van der Waals surface area contributed by atoms with Crippen molar-refractivity contribution in [3.05, 3.63) is 65.6 Å². The lowest BCUT2D eigenvalue weighted by Crippen LogP contribution is -2.20. The van der Waals surface area contributed by atoms with Crippen molar-refractivity contribution in [3.8, 4) is 5.75 Å². The molecule has 0 radical (unpaired) electrons. The van der Waals surface area contributed by atoms with Crippen LogP contribution in [0, 0.1) is 5.82 Å². The number of rotatable bonds is 7. The molecule has 0 spiro atoms. The van der Waals surface area contributed by atoms with Gasteiger partial charge in [-0.25, -0.2) is 4.39 Å². The topological polar surface area (TPSA) is 37.2 Å². The molecule has 0 fully saturated rings. The maximum absolute atomic E-state index is 13.6. The molecule has 0 amide bonds. The third-order valence-corrected chi connectivity index (χ3v) is 4.35. The van der Waals surface area contributed by atoms with Crippen molar-refractivity contribution >= 4 is 10.9 Å². The second kappa shape index (κ2) is 7.49. The molecule has 3 rings (SSSR count). The standard InChI is InChI=1S/C20H23FN2O/c1-2-23-14-16(20-18(23)12-17(21)13-19(20)24)9-11-22-10-8-15-6-4-3-5-7-15/h3-7,12-14,22,24H,2,8-11H2,1H3. The van der Waals surface area contributed by atoms with E-state index in [0.717, 1.165) is 48.9 Å². The highest BCUT2D eigenvalue weighted by molar-refractivity contribution is 5.89. The summed E-state index contributed by atoms with van der Waals surface area (Å²) in [7, 11) is 0. The molecule has 1 aromatic heterocycles. The fourth-order valence-electron chi connectivity index (χ4n) is 3.13. The third kappa shape index (κ3) is 3.60. The zero-order valence-electron chi connectivity index (χ0n) is 13.9. The quantitative estimate of drug-likeness (QED) is 0.647. The van der Waals surface area contributed by atoms with Crippen LogP contribution in [0.1, 0.15) is 18.1 Å². The number of aryl methyl sites for hydroxylation is 1. The fraction of sp³-hybridized carbons (Fsp3) is 0.300.